The Bertz CT molecular complexity index is 564. The topological polar surface area (TPSA) is 49.4 Å². The van der Waals surface area contributed by atoms with Crippen molar-refractivity contribution in [3.63, 3.8) is 0 Å². The van der Waals surface area contributed by atoms with Gasteiger partial charge in [-0.05, 0) is 36.1 Å². The van der Waals surface area contributed by atoms with Gasteiger partial charge < -0.3 is 5.32 Å². The van der Waals surface area contributed by atoms with Gasteiger partial charge in [0.15, 0.2) is 0 Å². The molecule has 0 spiro atoms. The van der Waals surface area contributed by atoms with Crippen LogP contribution in [0, 0.1) is 0 Å². The van der Waals surface area contributed by atoms with Gasteiger partial charge in [-0.15, -0.1) is 0 Å². The van der Waals surface area contributed by atoms with E-state index in [2.05, 4.69) is 5.32 Å². The highest BCUT2D eigenvalue weighted by Crippen LogP contribution is 2.32. The van der Waals surface area contributed by atoms with Crippen LogP contribution < -0.4 is 5.32 Å². The van der Waals surface area contributed by atoms with Crippen molar-refractivity contribution >= 4 is 10.0 Å². The Balaban J connectivity index is 1.97. The van der Waals surface area contributed by atoms with E-state index in [1.165, 1.54) is 5.56 Å². The molecule has 0 saturated heterocycles. The molecule has 1 aliphatic carbocycles. The van der Waals surface area contributed by atoms with E-state index in [-0.39, 0.29) is 6.04 Å². The Morgan fingerprint density at radius 3 is 2.67 bits per heavy atom. The quantitative estimate of drug-likeness (QED) is 0.897. The molecule has 1 N–H and O–H groups in total. The zero-order chi connectivity index (χ0) is 12.8. The van der Waals surface area contributed by atoms with Crippen LogP contribution in [0.2, 0.25) is 0 Å². The van der Waals surface area contributed by atoms with Crippen LogP contribution in [0.5, 0.6) is 0 Å². The molecule has 1 saturated carbocycles. The molecule has 1 aromatic rings. The van der Waals surface area contributed by atoms with Gasteiger partial charge in [0.2, 0.25) is 10.0 Å². The summed E-state index contributed by atoms with van der Waals surface area (Å²) in [6, 6.07) is 5.73. The van der Waals surface area contributed by atoms with Crippen LogP contribution in [-0.4, -0.2) is 25.3 Å². The number of hydrogen-bond acceptors (Lipinski definition) is 3. The molecular weight excluding hydrogens is 248 g/mol. The number of rotatable bonds is 4. The molecule has 3 rings (SSSR count). The summed E-state index contributed by atoms with van der Waals surface area (Å²) >= 11 is 0. The molecule has 0 atom stereocenters. The van der Waals surface area contributed by atoms with Crippen molar-refractivity contribution in [1.29, 1.82) is 0 Å². The van der Waals surface area contributed by atoms with Crippen molar-refractivity contribution in [1.82, 2.24) is 9.62 Å². The monoisotopic (exact) mass is 266 g/mol. The summed E-state index contributed by atoms with van der Waals surface area (Å²) < 4.78 is 26.7. The van der Waals surface area contributed by atoms with E-state index in [0.717, 1.165) is 31.5 Å². The van der Waals surface area contributed by atoms with Gasteiger partial charge in [0.1, 0.15) is 0 Å². The Morgan fingerprint density at radius 2 is 2.00 bits per heavy atom. The molecule has 2 aliphatic rings. The van der Waals surface area contributed by atoms with Crippen LogP contribution in [0.3, 0.4) is 0 Å². The van der Waals surface area contributed by atoms with Crippen molar-refractivity contribution in [3.05, 3.63) is 29.3 Å². The minimum absolute atomic E-state index is 0.228. The molecule has 1 aliphatic heterocycles. The lowest BCUT2D eigenvalue weighted by molar-refractivity contribution is 0.421. The van der Waals surface area contributed by atoms with Gasteiger partial charge in [0.25, 0.3) is 0 Å². The second-order valence-electron chi connectivity index (χ2n) is 4.97. The maximum absolute atomic E-state index is 12.6. The van der Waals surface area contributed by atoms with E-state index in [1.54, 1.807) is 10.4 Å². The van der Waals surface area contributed by atoms with Crippen LogP contribution in [0.1, 0.15) is 30.9 Å². The molecule has 1 fully saturated rings. The average molecular weight is 266 g/mol. The molecule has 0 radical (unpaired) electrons. The van der Waals surface area contributed by atoms with E-state index in [4.69, 9.17) is 0 Å². The second kappa shape index (κ2) is 4.33. The van der Waals surface area contributed by atoms with Crippen LogP contribution in [0.15, 0.2) is 23.1 Å². The van der Waals surface area contributed by atoms with Gasteiger partial charge in [-0.3, -0.25) is 0 Å². The average Bonchev–Trinajstić information content (AvgIpc) is 3.06. The highest BCUT2D eigenvalue weighted by molar-refractivity contribution is 7.89. The lowest BCUT2D eigenvalue weighted by Gasteiger charge is -2.20. The number of fused-ring (bicyclic) bond motifs is 1. The van der Waals surface area contributed by atoms with Gasteiger partial charge in [-0.25, -0.2) is 8.42 Å². The first kappa shape index (κ1) is 12.1. The molecule has 1 aromatic carbocycles. The van der Waals surface area contributed by atoms with Crippen LogP contribution in [0.4, 0.5) is 0 Å². The third-order valence-electron chi connectivity index (χ3n) is 3.68. The predicted octanol–water partition coefficient (Wildman–Crippen LogP) is 1.46. The number of hydrogen-bond donors (Lipinski definition) is 1. The highest BCUT2D eigenvalue weighted by atomic mass is 32.2. The van der Waals surface area contributed by atoms with Crippen molar-refractivity contribution in [2.75, 3.05) is 6.54 Å². The molecule has 4 nitrogen and oxygen atoms in total. The lowest BCUT2D eigenvalue weighted by atomic mass is 10.1. The van der Waals surface area contributed by atoms with E-state index < -0.39 is 10.0 Å². The summed E-state index contributed by atoms with van der Waals surface area (Å²) in [6.45, 7) is 4.08. The maximum atomic E-state index is 12.6. The molecule has 18 heavy (non-hydrogen) atoms. The Labute approximate surface area is 108 Å². The smallest absolute Gasteiger partial charge is 0.243 e. The van der Waals surface area contributed by atoms with E-state index >= 15 is 0 Å². The van der Waals surface area contributed by atoms with Crippen LogP contribution >= 0.6 is 0 Å². The summed E-state index contributed by atoms with van der Waals surface area (Å²) in [5.74, 6) is 0. The third-order valence-corrected chi connectivity index (χ3v) is 5.70. The van der Waals surface area contributed by atoms with Crippen molar-refractivity contribution in [3.8, 4) is 0 Å². The summed E-state index contributed by atoms with van der Waals surface area (Å²) in [6.07, 6.45) is 2.00. The number of benzene rings is 1. The highest BCUT2D eigenvalue weighted by Gasteiger charge is 2.37. The summed E-state index contributed by atoms with van der Waals surface area (Å²) in [5.41, 5.74) is 2.33. The van der Waals surface area contributed by atoms with Gasteiger partial charge in [-0.2, -0.15) is 4.31 Å². The van der Waals surface area contributed by atoms with Crippen LogP contribution in [-0.2, 0) is 23.1 Å². The van der Waals surface area contributed by atoms with E-state index in [9.17, 15) is 8.42 Å². The normalized spacial score (nSPS) is 19.2. The fraction of sp³-hybridized carbons (Fsp3) is 0.538. The minimum Gasteiger partial charge on any atom is -0.309 e. The Kier molecular flexibility index (Phi) is 2.92. The van der Waals surface area contributed by atoms with Gasteiger partial charge >= 0.3 is 0 Å². The van der Waals surface area contributed by atoms with E-state index in [1.807, 2.05) is 19.1 Å². The maximum Gasteiger partial charge on any atom is 0.243 e. The van der Waals surface area contributed by atoms with E-state index in [0.29, 0.717) is 11.4 Å². The number of sulfonamides is 1. The molecule has 0 amide bonds. The summed E-state index contributed by atoms with van der Waals surface area (Å²) in [7, 11) is -3.30. The Morgan fingerprint density at radius 1 is 1.28 bits per heavy atom. The first-order valence-electron chi connectivity index (χ1n) is 6.47. The predicted molar refractivity (Wildman–Crippen MR) is 69.6 cm³/mol. The molecule has 0 unspecified atom stereocenters. The zero-order valence-corrected chi connectivity index (χ0v) is 11.3. The number of nitrogens with one attached hydrogen (secondary N) is 1. The second-order valence-corrected chi connectivity index (χ2v) is 6.86. The van der Waals surface area contributed by atoms with Crippen molar-refractivity contribution in [2.24, 2.45) is 0 Å². The lowest BCUT2D eigenvalue weighted by Crippen LogP contribution is -2.32. The molecule has 0 aromatic heterocycles. The van der Waals surface area contributed by atoms with Crippen LogP contribution in [0.25, 0.3) is 0 Å². The van der Waals surface area contributed by atoms with Crippen molar-refractivity contribution < 1.29 is 8.42 Å². The van der Waals surface area contributed by atoms with Gasteiger partial charge in [-0.1, -0.05) is 13.0 Å². The number of nitrogens with zero attached hydrogens (tertiary/aromatic N) is 1. The first-order chi connectivity index (χ1) is 8.63. The summed E-state index contributed by atoms with van der Waals surface area (Å²) in [4.78, 5) is 0.443. The largest absolute Gasteiger partial charge is 0.309 e. The molecular formula is C13H18N2O2S. The fourth-order valence-electron chi connectivity index (χ4n) is 2.55. The molecule has 98 valence electrons. The van der Waals surface area contributed by atoms with Gasteiger partial charge in [0, 0.05) is 25.7 Å². The molecule has 5 heteroatoms. The molecule has 0 bridgehead atoms. The minimum atomic E-state index is -3.30. The van der Waals surface area contributed by atoms with Gasteiger partial charge in [0.05, 0.1) is 4.90 Å². The standard InChI is InChI=1S/C13H18N2O2S/c1-2-15(12-4-5-12)18(16,17)13-6-3-10-8-14-9-11(10)7-13/h3,6-7,12,14H,2,4-5,8-9H2,1H3. The first-order valence-corrected chi connectivity index (χ1v) is 7.91. The SMILES string of the molecule is CCN(C1CC1)S(=O)(=O)c1ccc2c(c1)CNC2. The summed E-state index contributed by atoms with van der Waals surface area (Å²) in [5, 5.41) is 3.24. The van der Waals surface area contributed by atoms with Crippen molar-refractivity contribution in [2.45, 2.75) is 43.8 Å². The molecule has 1 heterocycles. The fourth-order valence-corrected chi connectivity index (χ4v) is 4.30. The third kappa shape index (κ3) is 1.96. The zero-order valence-electron chi connectivity index (χ0n) is 10.5. The Hall–Kier alpha value is -0.910.